The summed E-state index contributed by atoms with van der Waals surface area (Å²) in [6, 6.07) is 17.2. The van der Waals surface area contributed by atoms with E-state index in [9.17, 15) is 9.59 Å². The molecule has 2 aromatic carbocycles. The summed E-state index contributed by atoms with van der Waals surface area (Å²) >= 11 is 0. The Kier molecular flexibility index (Phi) is 4.42. The first-order valence-corrected chi connectivity index (χ1v) is 7.85. The zero-order valence-electron chi connectivity index (χ0n) is 12.9. The summed E-state index contributed by atoms with van der Waals surface area (Å²) in [4.78, 5) is 25.5. The summed E-state index contributed by atoms with van der Waals surface area (Å²) in [7, 11) is 0. The molecule has 118 valence electrons. The molecule has 2 amide bonds. The number of nitrogens with two attached hydrogens (primary N) is 1. The Morgan fingerprint density at radius 3 is 2.43 bits per heavy atom. The van der Waals surface area contributed by atoms with Gasteiger partial charge in [0.15, 0.2) is 0 Å². The number of benzene rings is 2. The highest BCUT2D eigenvalue weighted by Crippen LogP contribution is 2.40. The molecule has 4 heteroatoms. The third-order valence-corrected chi connectivity index (χ3v) is 4.03. The van der Waals surface area contributed by atoms with Gasteiger partial charge in [-0.25, -0.2) is 0 Å². The fourth-order valence-electron chi connectivity index (χ4n) is 2.73. The van der Waals surface area contributed by atoms with Crippen molar-refractivity contribution in [1.29, 1.82) is 0 Å². The number of amides is 2. The van der Waals surface area contributed by atoms with E-state index in [2.05, 4.69) is 12.1 Å². The van der Waals surface area contributed by atoms with Gasteiger partial charge in [-0.3, -0.25) is 9.59 Å². The normalized spacial score (nSPS) is 13.6. The molecule has 23 heavy (non-hydrogen) atoms. The van der Waals surface area contributed by atoms with Crippen molar-refractivity contribution >= 4 is 11.8 Å². The van der Waals surface area contributed by atoms with Crippen molar-refractivity contribution in [3.8, 4) is 0 Å². The first-order valence-electron chi connectivity index (χ1n) is 7.85. The van der Waals surface area contributed by atoms with E-state index in [-0.39, 0.29) is 12.5 Å². The van der Waals surface area contributed by atoms with E-state index in [0.29, 0.717) is 18.0 Å². The maximum Gasteiger partial charge on any atom is 0.254 e. The van der Waals surface area contributed by atoms with Crippen LogP contribution in [0.25, 0.3) is 0 Å². The topological polar surface area (TPSA) is 63.4 Å². The number of primary amides is 1. The Hall–Kier alpha value is -2.62. The van der Waals surface area contributed by atoms with Crippen molar-refractivity contribution in [3.63, 3.8) is 0 Å². The molecule has 2 N–H and O–H groups in total. The van der Waals surface area contributed by atoms with Gasteiger partial charge in [0.1, 0.15) is 0 Å². The molecular formula is C19H20N2O2. The fourth-order valence-corrected chi connectivity index (χ4v) is 2.73. The summed E-state index contributed by atoms with van der Waals surface area (Å²) < 4.78 is 0. The van der Waals surface area contributed by atoms with Gasteiger partial charge < -0.3 is 10.6 Å². The van der Waals surface area contributed by atoms with Gasteiger partial charge in [0.2, 0.25) is 5.91 Å². The molecule has 1 saturated carbocycles. The molecule has 0 spiro atoms. The van der Waals surface area contributed by atoms with Gasteiger partial charge in [0, 0.05) is 12.1 Å². The molecule has 2 aromatic rings. The van der Waals surface area contributed by atoms with Crippen LogP contribution in [0.5, 0.6) is 0 Å². The van der Waals surface area contributed by atoms with Crippen LogP contribution in [-0.4, -0.2) is 23.3 Å². The number of carbonyl (C=O) groups is 2. The first-order chi connectivity index (χ1) is 11.1. The molecule has 0 saturated heterocycles. The fraction of sp³-hybridized carbons (Fsp3) is 0.263. The standard InChI is InChI=1S/C19H20N2O2/c20-18(22)13-21(19(23)16-6-2-1-3-7-16)12-14-5-4-8-17(11-14)15-9-10-15/h1-8,11,15H,9-10,12-13H2,(H2,20,22). The van der Waals surface area contributed by atoms with E-state index in [1.165, 1.54) is 23.3 Å². The Morgan fingerprint density at radius 1 is 1.04 bits per heavy atom. The molecule has 0 radical (unpaired) electrons. The van der Waals surface area contributed by atoms with Gasteiger partial charge in [-0.1, -0.05) is 42.5 Å². The Labute approximate surface area is 135 Å². The van der Waals surface area contributed by atoms with Gasteiger partial charge in [0.25, 0.3) is 5.91 Å². The average Bonchev–Trinajstić information content (AvgIpc) is 3.39. The van der Waals surface area contributed by atoms with Crippen LogP contribution >= 0.6 is 0 Å². The molecule has 0 heterocycles. The van der Waals surface area contributed by atoms with Gasteiger partial charge in [-0.05, 0) is 42.0 Å². The highest BCUT2D eigenvalue weighted by molar-refractivity contribution is 5.96. The molecule has 0 unspecified atom stereocenters. The van der Waals surface area contributed by atoms with Crippen LogP contribution in [0.15, 0.2) is 54.6 Å². The minimum atomic E-state index is -0.507. The molecule has 1 aliphatic carbocycles. The summed E-state index contributed by atoms with van der Waals surface area (Å²) in [6.07, 6.45) is 2.47. The van der Waals surface area contributed by atoms with Crippen molar-refractivity contribution in [1.82, 2.24) is 4.90 Å². The van der Waals surface area contributed by atoms with Gasteiger partial charge in [0.05, 0.1) is 6.54 Å². The predicted molar refractivity (Wildman–Crippen MR) is 88.8 cm³/mol. The molecular weight excluding hydrogens is 288 g/mol. The van der Waals surface area contributed by atoms with E-state index >= 15 is 0 Å². The molecule has 3 rings (SSSR count). The molecule has 4 nitrogen and oxygen atoms in total. The summed E-state index contributed by atoms with van der Waals surface area (Å²) in [5.41, 5.74) is 8.22. The minimum absolute atomic E-state index is 0.0820. The number of nitrogens with zero attached hydrogens (tertiary/aromatic N) is 1. The van der Waals surface area contributed by atoms with Crippen LogP contribution in [0, 0.1) is 0 Å². The monoisotopic (exact) mass is 308 g/mol. The highest BCUT2D eigenvalue weighted by atomic mass is 16.2. The zero-order valence-corrected chi connectivity index (χ0v) is 12.9. The second kappa shape index (κ2) is 6.65. The van der Waals surface area contributed by atoms with Crippen LogP contribution < -0.4 is 5.73 Å². The smallest absolute Gasteiger partial charge is 0.254 e. The molecule has 0 aliphatic heterocycles. The molecule has 0 bridgehead atoms. The van der Waals surface area contributed by atoms with E-state index in [1.807, 2.05) is 30.3 Å². The van der Waals surface area contributed by atoms with Crippen molar-refractivity contribution < 1.29 is 9.59 Å². The number of carbonyl (C=O) groups excluding carboxylic acids is 2. The van der Waals surface area contributed by atoms with Crippen molar-refractivity contribution in [2.75, 3.05) is 6.54 Å². The quantitative estimate of drug-likeness (QED) is 0.891. The van der Waals surface area contributed by atoms with Crippen LogP contribution in [0.2, 0.25) is 0 Å². The maximum absolute atomic E-state index is 12.6. The second-order valence-electron chi connectivity index (χ2n) is 6.01. The van der Waals surface area contributed by atoms with Crippen molar-refractivity contribution in [3.05, 3.63) is 71.3 Å². The largest absolute Gasteiger partial charge is 0.368 e. The predicted octanol–water partition coefficient (Wildman–Crippen LogP) is 2.69. The van der Waals surface area contributed by atoms with E-state index < -0.39 is 5.91 Å². The Morgan fingerprint density at radius 2 is 1.78 bits per heavy atom. The van der Waals surface area contributed by atoms with Crippen molar-refractivity contribution in [2.24, 2.45) is 5.73 Å². The number of hydrogen-bond acceptors (Lipinski definition) is 2. The number of rotatable bonds is 6. The minimum Gasteiger partial charge on any atom is -0.368 e. The SMILES string of the molecule is NC(=O)CN(Cc1cccc(C2CC2)c1)C(=O)c1ccccc1. The van der Waals surface area contributed by atoms with Crippen LogP contribution in [-0.2, 0) is 11.3 Å². The Balaban J connectivity index is 1.80. The first kappa shape index (κ1) is 15.3. The maximum atomic E-state index is 12.6. The molecule has 0 aromatic heterocycles. The Bertz CT molecular complexity index is 708. The van der Waals surface area contributed by atoms with E-state index in [0.717, 1.165) is 5.56 Å². The van der Waals surface area contributed by atoms with Crippen LogP contribution in [0.1, 0.15) is 40.2 Å². The third kappa shape index (κ3) is 3.97. The van der Waals surface area contributed by atoms with E-state index in [4.69, 9.17) is 5.73 Å². The molecule has 1 fully saturated rings. The highest BCUT2D eigenvalue weighted by Gasteiger charge is 2.24. The number of hydrogen-bond donors (Lipinski definition) is 1. The molecule has 0 atom stereocenters. The van der Waals surface area contributed by atoms with Crippen molar-refractivity contribution in [2.45, 2.75) is 25.3 Å². The van der Waals surface area contributed by atoms with Crippen LogP contribution in [0.3, 0.4) is 0 Å². The van der Waals surface area contributed by atoms with Gasteiger partial charge >= 0.3 is 0 Å². The van der Waals surface area contributed by atoms with Gasteiger partial charge in [-0.2, -0.15) is 0 Å². The average molecular weight is 308 g/mol. The van der Waals surface area contributed by atoms with Crippen LogP contribution in [0.4, 0.5) is 0 Å². The molecule has 1 aliphatic rings. The zero-order chi connectivity index (χ0) is 16.2. The lowest BCUT2D eigenvalue weighted by molar-refractivity contribution is -0.118. The summed E-state index contributed by atoms with van der Waals surface area (Å²) in [6.45, 7) is 0.304. The lowest BCUT2D eigenvalue weighted by Gasteiger charge is -2.21. The lowest BCUT2D eigenvalue weighted by atomic mass is 10.1. The summed E-state index contributed by atoms with van der Waals surface area (Å²) in [5.74, 6) is -0.0294. The van der Waals surface area contributed by atoms with Gasteiger partial charge in [-0.15, -0.1) is 0 Å². The summed E-state index contributed by atoms with van der Waals surface area (Å²) in [5, 5.41) is 0. The third-order valence-electron chi connectivity index (χ3n) is 4.03. The second-order valence-corrected chi connectivity index (χ2v) is 6.01. The lowest BCUT2D eigenvalue weighted by Crippen LogP contribution is -2.38. The van der Waals surface area contributed by atoms with E-state index in [1.54, 1.807) is 12.1 Å².